The summed E-state index contributed by atoms with van der Waals surface area (Å²) in [4.78, 5) is 3.97. The van der Waals surface area contributed by atoms with E-state index in [4.69, 9.17) is 4.42 Å². The van der Waals surface area contributed by atoms with Gasteiger partial charge in [0, 0.05) is 19.8 Å². The van der Waals surface area contributed by atoms with Crippen LogP contribution in [-0.2, 0) is 17.1 Å². The summed E-state index contributed by atoms with van der Waals surface area (Å²) in [6.45, 7) is 2.36. The third-order valence-electron chi connectivity index (χ3n) is 3.55. The molecule has 0 spiro atoms. The highest BCUT2D eigenvalue weighted by atomic mass is 32.2. The second-order valence-electron chi connectivity index (χ2n) is 5.10. The second-order valence-corrected chi connectivity index (χ2v) is 6.94. The molecule has 7 heteroatoms. The summed E-state index contributed by atoms with van der Waals surface area (Å²) in [5.74, 6) is 1.50. The van der Waals surface area contributed by atoms with Crippen LogP contribution in [0.2, 0.25) is 0 Å². The third kappa shape index (κ3) is 2.16. The van der Waals surface area contributed by atoms with E-state index in [1.807, 2.05) is 19.1 Å². The standard InChI is InChI=1S/C13H17N3O3S/c1-10-5-6-12(19-10)11-4-3-7-16(11)20(17,18)13-8-15(2)9-14-13/h5-6,8-9,11H,3-4,7H2,1-2H3. The zero-order valence-electron chi connectivity index (χ0n) is 11.5. The topological polar surface area (TPSA) is 68.3 Å². The van der Waals surface area contributed by atoms with E-state index in [0.717, 1.165) is 18.6 Å². The molecule has 1 aliphatic rings. The quantitative estimate of drug-likeness (QED) is 0.866. The van der Waals surface area contributed by atoms with Gasteiger partial charge in [0.2, 0.25) is 0 Å². The lowest BCUT2D eigenvalue weighted by molar-refractivity contribution is 0.333. The van der Waals surface area contributed by atoms with Crippen molar-refractivity contribution < 1.29 is 12.8 Å². The van der Waals surface area contributed by atoms with Crippen molar-refractivity contribution in [2.24, 2.45) is 7.05 Å². The Morgan fingerprint density at radius 3 is 2.80 bits per heavy atom. The molecule has 1 aliphatic heterocycles. The number of rotatable bonds is 3. The maximum absolute atomic E-state index is 12.6. The first-order valence-electron chi connectivity index (χ1n) is 6.54. The van der Waals surface area contributed by atoms with Crippen molar-refractivity contribution in [1.29, 1.82) is 0 Å². The van der Waals surface area contributed by atoms with Crippen molar-refractivity contribution in [3.8, 4) is 0 Å². The van der Waals surface area contributed by atoms with Crippen LogP contribution < -0.4 is 0 Å². The first-order chi connectivity index (χ1) is 9.48. The molecule has 0 amide bonds. The molecular formula is C13H17N3O3S. The van der Waals surface area contributed by atoms with Gasteiger partial charge in [0.1, 0.15) is 11.5 Å². The minimum atomic E-state index is -3.56. The highest BCUT2D eigenvalue weighted by molar-refractivity contribution is 7.89. The van der Waals surface area contributed by atoms with E-state index in [1.165, 1.54) is 16.8 Å². The Morgan fingerprint density at radius 2 is 2.20 bits per heavy atom. The summed E-state index contributed by atoms with van der Waals surface area (Å²) in [6.07, 6.45) is 4.63. The molecular weight excluding hydrogens is 278 g/mol. The normalized spacial score (nSPS) is 20.6. The fraction of sp³-hybridized carbons (Fsp3) is 0.462. The van der Waals surface area contributed by atoms with Crippen LogP contribution in [0.5, 0.6) is 0 Å². The lowest BCUT2D eigenvalue weighted by atomic mass is 10.2. The molecule has 0 bridgehead atoms. The lowest BCUT2D eigenvalue weighted by Gasteiger charge is -2.21. The average Bonchev–Trinajstić information content (AvgIpc) is 3.07. The van der Waals surface area contributed by atoms with Crippen LogP contribution in [0.3, 0.4) is 0 Å². The van der Waals surface area contributed by atoms with E-state index < -0.39 is 10.0 Å². The summed E-state index contributed by atoms with van der Waals surface area (Å²) >= 11 is 0. The Kier molecular flexibility index (Phi) is 3.18. The number of nitrogens with zero attached hydrogens (tertiary/aromatic N) is 3. The number of aryl methyl sites for hydroxylation is 2. The van der Waals surface area contributed by atoms with E-state index in [2.05, 4.69) is 4.98 Å². The summed E-state index contributed by atoms with van der Waals surface area (Å²) < 4.78 is 34.0. The SMILES string of the molecule is Cc1ccc(C2CCCN2S(=O)(=O)c2cn(C)cn2)o1. The molecule has 0 N–H and O–H groups in total. The minimum Gasteiger partial charge on any atom is -0.465 e. The maximum atomic E-state index is 12.6. The third-order valence-corrected chi connectivity index (χ3v) is 5.34. The van der Waals surface area contributed by atoms with Gasteiger partial charge in [0.15, 0.2) is 5.03 Å². The molecule has 1 unspecified atom stereocenters. The summed E-state index contributed by atoms with van der Waals surface area (Å²) in [7, 11) is -1.81. The smallest absolute Gasteiger partial charge is 0.262 e. The van der Waals surface area contributed by atoms with Crippen LogP contribution in [0.25, 0.3) is 0 Å². The zero-order valence-corrected chi connectivity index (χ0v) is 12.3. The van der Waals surface area contributed by atoms with Gasteiger partial charge in [-0.05, 0) is 31.9 Å². The molecule has 1 fully saturated rings. The van der Waals surface area contributed by atoms with E-state index in [9.17, 15) is 8.42 Å². The van der Waals surface area contributed by atoms with Crippen molar-refractivity contribution >= 4 is 10.0 Å². The predicted octanol–water partition coefficient (Wildman–Crippen LogP) is 1.85. The highest BCUT2D eigenvalue weighted by Crippen LogP contribution is 2.36. The van der Waals surface area contributed by atoms with Gasteiger partial charge >= 0.3 is 0 Å². The van der Waals surface area contributed by atoms with E-state index in [0.29, 0.717) is 12.3 Å². The monoisotopic (exact) mass is 295 g/mol. The summed E-state index contributed by atoms with van der Waals surface area (Å²) in [6, 6.07) is 3.49. The van der Waals surface area contributed by atoms with Crippen molar-refractivity contribution in [2.75, 3.05) is 6.54 Å². The fourth-order valence-electron chi connectivity index (χ4n) is 2.59. The Bertz CT molecular complexity index is 717. The van der Waals surface area contributed by atoms with Gasteiger partial charge in [0.25, 0.3) is 10.0 Å². The first-order valence-corrected chi connectivity index (χ1v) is 7.98. The molecule has 108 valence electrons. The molecule has 2 aromatic rings. The largest absolute Gasteiger partial charge is 0.465 e. The number of imidazole rings is 1. The molecule has 0 saturated carbocycles. The molecule has 3 rings (SSSR count). The molecule has 0 aliphatic carbocycles. The molecule has 0 radical (unpaired) electrons. The molecule has 6 nitrogen and oxygen atoms in total. The molecule has 1 saturated heterocycles. The molecule has 0 aromatic carbocycles. The Morgan fingerprint density at radius 1 is 1.40 bits per heavy atom. The van der Waals surface area contributed by atoms with Crippen LogP contribution in [-0.4, -0.2) is 28.8 Å². The van der Waals surface area contributed by atoms with Crippen LogP contribution in [0, 0.1) is 6.92 Å². The van der Waals surface area contributed by atoms with Crippen LogP contribution in [0.4, 0.5) is 0 Å². The van der Waals surface area contributed by atoms with Gasteiger partial charge < -0.3 is 8.98 Å². The van der Waals surface area contributed by atoms with Gasteiger partial charge in [0.05, 0.1) is 12.4 Å². The number of furan rings is 1. The van der Waals surface area contributed by atoms with Crippen LogP contribution >= 0.6 is 0 Å². The van der Waals surface area contributed by atoms with E-state index in [-0.39, 0.29) is 11.1 Å². The van der Waals surface area contributed by atoms with E-state index >= 15 is 0 Å². The average molecular weight is 295 g/mol. The van der Waals surface area contributed by atoms with Crippen LogP contribution in [0.15, 0.2) is 34.1 Å². The van der Waals surface area contributed by atoms with Crippen molar-refractivity contribution in [3.63, 3.8) is 0 Å². The van der Waals surface area contributed by atoms with E-state index in [1.54, 1.807) is 11.6 Å². The lowest BCUT2D eigenvalue weighted by Crippen LogP contribution is -2.30. The summed E-state index contributed by atoms with van der Waals surface area (Å²) in [5.41, 5.74) is 0. The summed E-state index contributed by atoms with van der Waals surface area (Å²) in [5, 5.41) is 0.0928. The van der Waals surface area contributed by atoms with Crippen molar-refractivity contribution in [3.05, 3.63) is 36.2 Å². The molecule has 3 heterocycles. The number of hydrogen-bond acceptors (Lipinski definition) is 4. The second kappa shape index (κ2) is 4.75. The fourth-order valence-corrected chi connectivity index (χ4v) is 4.22. The van der Waals surface area contributed by atoms with Crippen LogP contribution in [0.1, 0.15) is 30.4 Å². The molecule has 1 atom stereocenters. The Labute approximate surface area is 118 Å². The highest BCUT2D eigenvalue weighted by Gasteiger charge is 2.38. The first kappa shape index (κ1) is 13.4. The Hall–Kier alpha value is -1.60. The minimum absolute atomic E-state index is 0.0928. The zero-order chi connectivity index (χ0) is 14.3. The molecule has 20 heavy (non-hydrogen) atoms. The van der Waals surface area contributed by atoms with Gasteiger partial charge in [-0.15, -0.1) is 0 Å². The number of sulfonamides is 1. The maximum Gasteiger partial charge on any atom is 0.262 e. The molecule has 2 aromatic heterocycles. The predicted molar refractivity (Wildman–Crippen MR) is 72.5 cm³/mol. The van der Waals surface area contributed by atoms with Gasteiger partial charge in [-0.1, -0.05) is 0 Å². The van der Waals surface area contributed by atoms with Gasteiger partial charge in [-0.2, -0.15) is 4.31 Å². The number of aromatic nitrogens is 2. The Balaban J connectivity index is 1.96. The van der Waals surface area contributed by atoms with Crippen molar-refractivity contribution in [1.82, 2.24) is 13.9 Å². The van der Waals surface area contributed by atoms with Gasteiger partial charge in [-0.3, -0.25) is 0 Å². The van der Waals surface area contributed by atoms with Crippen molar-refractivity contribution in [2.45, 2.75) is 30.8 Å². The van der Waals surface area contributed by atoms with Gasteiger partial charge in [-0.25, -0.2) is 13.4 Å². The number of hydrogen-bond donors (Lipinski definition) is 0.